The third kappa shape index (κ3) is 3.56. The molecule has 2 N–H and O–H groups in total. The van der Waals surface area contributed by atoms with Crippen LogP contribution in [0.25, 0.3) is 0 Å². The van der Waals surface area contributed by atoms with Crippen LogP contribution in [0, 0.1) is 0 Å². The Morgan fingerprint density at radius 3 is 2.85 bits per heavy atom. The van der Waals surface area contributed by atoms with Gasteiger partial charge in [-0.05, 0) is 37.1 Å². The zero-order chi connectivity index (χ0) is 18.1. The van der Waals surface area contributed by atoms with E-state index in [0.29, 0.717) is 23.8 Å². The fraction of sp³-hybridized carbons (Fsp3) is 0.500. The molecule has 2 aromatic rings. The van der Waals surface area contributed by atoms with E-state index in [1.54, 1.807) is 36.1 Å². The number of aromatic nitrogens is 3. The van der Waals surface area contributed by atoms with Crippen molar-refractivity contribution in [3.63, 3.8) is 0 Å². The molecule has 0 bridgehead atoms. The molecule has 1 saturated carbocycles. The normalized spacial score (nSPS) is 25.2. The Hall–Kier alpha value is -2.45. The van der Waals surface area contributed by atoms with E-state index < -0.39 is 12.1 Å². The minimum atomic E-state index is -0.756. The van der Waals surface area contributed by atoms with Crippen molar-refractivity contribution in [3.8, 4) is 5.75 Å². The van der Waals surface area contributed by atoms with Gasteiger partial charge in [-0.2, -0.15) is 0 Å². The summed E-state index contributed by atoms with van der Waals surface area (Å²) >= 11 is 0. The number of methoxy groups -OCH3 is 1. The van der Waals surface area contributed by atoms with Gasteiger partial charge in [-0.25, -0.2) is 4.68 Å². The summed E-state index contributed by atoms with van der Waals surface area (Å²) in [4.78, 5) is 12.5. The van der Waals surface area contributed by atoms with E-state index in [-0.39, 0.29) is 18.6 Å². The Labute approximate surface area is 151 Å². The molecule has 2 aliphatic rings. The molecule has 2 heterocycles. The average Bonchev–Trinajstić information content (AvgIpc) is 3.33. The lowest BCUT2D eigenvalue weighted by atomic mass is 10.1. The van der Waals surface area contributed by atoms with Gasteiger partial charge in [0.15, 0.2) is 0 Å². The number of hydrogen-bond donors (Lipinski definition) is 2. The van der Waals surface area contributed by atoms with E-state index in [0.717, 1.165) is 18.5 Å². The topological polar surface area (TPSA) is 98.5 Å². The molecule has 8 heteroatoms. The van der Waals surface area contributed by atoms with Crippen molar-refractivity contribution in [1.29, 1.82) is 0 Å². The maximum absolute atomic E-state index is 12.5. The first kappa shape index (κ1) is 17.0. The van der Waals surface area contributed by atoms with E-state index in [1.165, 1.54) is 0 Å². The van der Waals surface area contributed by atoms with Crippen LogP contribution in [0.1, 0.15) is 34.8 Å². The summed E-state index contributed by atoms with van der Waals surface area (Å²) in [6.45, 7) is 0.618. The number of aliphatic hydroxyl groups excluding tert-OH is 1. The molecule has 1 aliphatic heterocycles. The smallest absolute Gasteiger partial charge is 0.251 e. The lowest BCUT2D eigenvalue weighted by Gasteiger charge is -2.21. The van der Waals surface area contributed by atoms with Crippen LogP contribution < -0.4 is 10.1 Å². The second-order valence-corrected chi connectivity index (χ2v) is 6.81. The van der Waals surface area contributed by atoms with Crippen LogP contribution in [0.2, 0.25) is 0 Å². The number of ether oxygens (including phenoxy) is 2. The van der Waals surface area contributed by atoms with Crippen LogP contribution in [-0.2, 0) is 11.3 Å². The van der Waals surface area contributed by atoms with Gasteiger partial charge in [0, 0.05) is 17.7 Å². The fourth-order valence-corrected chi connectivity index (χ4v) is 3.16. The fourth-order valence-electron chi connectivity index (χ4n) is 3.16. The Kier molecular flexibility index (Phi) is 4.60. The highest BCUT2D eigenvalue weighted by Crippen LogP contribution is 2.38. The van der Waals surface area contributed by atoms with Crippen molar-refractivity contribution in [2.45, 2.75) is 43.6 Å². The Balaban J connectivity index is 1.41. The van der Waals surface area contributed by atoms with Crippen LogP contribution >= 0.6 is 0 Å². The van der Waals surface area contributed by atoms with Gasteiger partial charge in [0.25, 0.3) is 5.91 Å². The molecule has 26 heavy (non-hydrogen) atoms. The number of carbonyl (C=O) groups is 1. The summed E-state index contributed by atoms with van der Waals surface area (Å²) in [6, 6.07) is 6.32. The summed E-state index contributed by atoms with van der Waals surface area (Å²) in [7, 11) is 1.57. The quantitative estimate of drug-likeness (QED) is 0.790. The molecule has 1 aromatic heterocycles. The first-order valence-electron chi connectivity index (χ1n) is 8.78. The van der Waals surface area contributed by atoms with Crippen LogP contribution in [0.5, 0.6) is 5.75 Å². The molecule has 1 aromatic carbocycles. The molecule has 4 rings (SSSR count). The molecule has 0 radical (unpaired) electrons. The molecule has 1 saturated heterocycles. The first-order chi connectivity index (χ1) is 12.6. The molecule has 8 nitrogen and oxygen atoms in total. The van der Waals surface area contributed by atoms with Crippen molar-refractivity contribution in [2.24, 2.45) is 0 Å². The number of aliphatic hydroxyl groups is 1. The molecule has 0 unspecified atom stereocenters. The monoisotopic (exact) mass is 358 g/mol. The van der Waals surface area contributed by atoms with Crippen molar-refractivity contribution < 1.29 is 19.4 Å². The maximum Gasteiger partial charge on any atom is 0.251 e. The van der Waals surface area contributed by atoms with Crippen molar-refractivity contribution in [1.82, 2.24) is 20.3 Å². The number of benzene rings is 1. The van der Waals surface area contributed by atoms with Crippen molar-refractivity contribution >= 4 is 5.91 Å². The van der Waals surface area contributed by atoms with Gasteiger partial charge < -0.3 is 19.9 Å². The third-order valence-electron chi connectivity index (χ3n) is 4.87. The van der Waals surface area contributed by atoms with E-state index >= 15 is 0 Å². The molecule has 3 atom stereocenters. The van der Waals surface area contributed by atoms with Gasteiger partial charge in [0.2, 0.25) is 0 Å². The minimum absolute atomic E-state index is 0.183. The van der Waals surface area contributed by atoms with Crippen LogP contribution in [0.15, 0.2) is 30.5 Å². The van der Waals surface area contributed by atoms with Crippen molar-refractivity contribution in [2.75, 3.05) is 13.7 Å². The molecular formula is C18H22N4O4. The summed E-state index contributed by atoms with van der Waals surface area (Å²) in [5, 5.41) is 21.4. The second-order valence-electron chi connectivity index (χ2n) is 6.81. The Morgan fingerprint density at radius 2 is 2.15 bits per heavy atom. The number of nitrogens with one attached hydrogen (secondary N) is 1. The average molecular weight is 358 g/mol. The zero-order valence-electron chi connectivity index (χ0n) is 14.5. The predicted molar refractivity (Wildman–Crippen MR) is 92.0 cm³/mol. The first-order valence-corrected chi connectivity index (χ1v) is 8.78. The van der Waals surface area contributed by atoms with Gasteiger partial charge in [-0.15, -0.1) is 5.10 Å². The van der Waals surface area contributed by atoms with Gasteiger partial charge >= 0.3 is 0 Å². The lowest BCUT2D eigenvalue weighted by Crippen LogP contribution is -2.48. The summed E-state index contributed by atoms with van der Waals surface area (Å²) in [6.07, 6.45) is 3.14. The van der Waals surface area contributed by atoms with Crippen molar-refractivity contribution in [3.05, 3.63) is 41.7 Å². The number of amides is 1. The molecule has 1 amide bonds. The SMILES string of the molecule is COc1ccc(C(=O)N[C@@H]2[C@@H](O)CO[C@@H]2Cn2cc(C3CC3)nn2)cc1. The molecule has 2 fully saturated rings. The van der Waals surface area contributed by atoms with E-state index in [2.05, 4.69) is 15.6 Å². The summed E-state index contributed by atoms with van der Waals surface area (Å²) < 4.78 is 12.5. The summed E-state index contributed by atoms with van der Waals surface area (Å²) in [5.41, 5.74) is 1.50. The number of nitrogens with zero attached hydrogens (tertiary/aromatic N) is 3. The summed E-state index contributed by atoms with van der Waals surface area (Å²) in [5.74, 6) is 0.954. The van der Waals surface area contributed by atoms with Crippen LogP contribution in [-0.4, -0.2) is 58.0 Å². The van der Waals surface area contributed by atoms with Crippen LogP contribution in [0.4, 0.5) is 0 Å². The van der Waals surface area contributed by atoms with Gasteiger partial charge in [0.1, 0.15) is 18.0 Å². The zero-order valence-corrected chi connectivity index (χ0v) is 14.5. The maximum atomic E-state index is 12.5. The standard InChI is InChI=1S/C18H22N4O4/c1-25-13-6-4-12(5-7-13)18(24)19-17-15(23)10-26-16(17)9-22-8-14(20-21-22)11-2-3-11/h4-8,11,15-17,23H,2-3,9-10H2,1H3,(H,19,24)/t15-,16+,17+/m0/s1. The highest BCUT2D eigenvalue weighted by atomic mass is 16.5. The van der Waals surface area contributed by atoms with E-state index in [4.69, 9.17) is 9.47 Å². The molecule has 0 spiro atoms. The Morgan fingerprint density at radius 1 is 1.38 bits per heavy atom. The molecule has 1 aliphatic carbocycles. The van der Waals surface area contributed by atoms with E-state index in [9.17, 15) is 9.90 Å². The van der Waals surface area contributed by atoms with Crippen LogP contribution in [0.3, 0.4) is 0 Å². The van der Waals surface area contributed by atoms with Gasteiger partial charge in [-0.3, -0.25) is 4.79 Å². The molecular weight excluding hydrogens is 336 g/mol. The molecule has 138 valence electrons. The van der Waals surface area contributed by atoms with Gasteiger partial charge in [0.05, 0.1) is 32.0 Å². The number of rotatable bonds is 6. The highest BCUT2D eigenvalue weighted by molar-refractivity contribution is 5.94. The number of hydrogen-bond acceptors (Lipinski definition) is 6. The van der Waals surface area contributed by atoms with Gasteiger partial charge in [-0.1, -0.05) is 5.21 Å². The lowest BCUT2D eigenvalue weighted by molar-refractivity contribution is 0.0711. The van der Waals surface area contributed by atoms with E-state index in [1.807, 2.05) is 6.20 Å². The number of carbonyl (C=O) groups excluding carboxylic acids is 1. The highest BCUT2D eigenvalue weighted by Gasteiger charge is 2.38. The Bertz CT molecular complexity index is 772. The largest absolute Gasteiger partial charge is 0.497 e. The second kappa shape index (κ2) is 7.05. The predicted octanol–water partition coefficient (Wildman–Crippen LogP) is 0.722. The third-order valence-corrected chi connectivity index (χ3v) is 4.87. The minimum Gasteiger partial charge on any atom is -0.497 e.